The predicted octanol–water partition coefficient (Wildman–Crippen LogP) is 3.47. The zero-order valence-electron chi connectivity index (χ0n) is 15.5. The van der Waals surface area contributed by atoms with Crippen LogP contribution in [0.15, 0.2) is 30.3 Å². The minimum atomic E-state index is 0.455. The molecule has 0 fully saturated rings. The molecule has 0 amide bonds. The minimum absolute atomic E-state index is 0.455. The van der Waals surface area contributed by atoms with Gasteiger partial charge in [0.15, 0.2) is 29.3 Å². The fourth-order valence-electron chi connectivity index (χ4n) is 2.56. The van der Waals surface area contributed by atoms with Crippen LogP contribution in [0.5, 0.6) is 28.7 Å². The van der Waals surface area contributed by atoms with Crippen LogP contribution in [0.4, 0.5) is 0 Å². The number of carbonyl (C=O) groups excluding carboxylic acids is 1. The normalized spacial score (nSPS) is 10.9. The van der Waals surface area contributed by atoms with Crippen molar-refractivity contribution in [2.45, 2.75) is 0 Å². The fraction of sp³-hybridized carbons (Fsp3) is 0.250. The van der Waals surface area contributed by atoms with Crippen molar-refractivity contribution in [3.05, 3.63) is 41.5 Å². The van der Waals surface area contributed by atoms with Gasteiger partial charge in [0.2, 0.25) is 5.75 Å². The largest absolute Gasteiger partial charge is 0.493 e. The lowest BCUT2D eigenvalue weighted by Gasteiger charge is -2.14. The standard InChI is InChI=1S/C20H22O6/c1-22-16-7-6-13(9-17(16)23-2)8-15(12-21)14-10-18(24-3)20(26-5)19(11-14)25-4/h6-12H,1-5H3/b15-8-. The highest BCUT2D eigenvalue weighted by Gasteiger charge is 2.15. The number of ether oxygens (including phenoxy) is 5. The van der Waals surface area contributed by atoms with Gasteiger partial charge in [0.25, 0.3) is 0 Å². The van der Waals surface area contributed by atoms with Crippen LogP contribution in [0.3, 0.4) is 0 Å². The number of hydrogen-bond acceptors (Lipinski definition) is 6. The summed E-state index contributed by atoms with van der Waals surface area (Å²) in [6.07, 6.45) is 2.52. The number of allylic oxidation sites excluding steroid dienone is 1. The van der Waals surface area contributed by atoms with Gasteiger partial charge in [0, 0.05) is 5.57 Å². The summed E-state index contributed by atoms with van der Waals surface area (Å²) in [5.74, 6) is 2.61. The van der Waals surface area contributed by atoms with Crippen molar-refractivity contribution >= 4 is 17.9 Å². The SMILES string of the molecule is COc1ccc(/C=C(/C=O)c2cc(OC)c(OC)c(OC)c2)cc1OC. The maximum atomic E-state index is 11.7. The van der Waals surface area contributed by atoms with Gasteiger partial charge < -0.3 is 23.7 Å². The Morgan fingerprint density at radius 3 is 1.77 bits per heavy atom. The van der Waals surface area contributed by atoms with Crippen molar-refractivity contribution < 1.29 is 28.5 Å². The summed E-state index contributed by atoms with van der Waals surface area (Å²) in [5.41, 5.74) is 1.89. The van der Waals surface area contributed by atoms with Gasteiger partial charge in [-0.2, -0.15) is 0 Å². The molecule has 0 unspecified atom stereocenters. The molecule has 0 N–H and O–H groups in total. The Hall–Kier alpha value is -3.15. The van der Waals surface area contributed by atoms with Crippen LogP contribution in [0, 0.1) is 0 Å². The van der Waals surface area contributed by atoms with E-state index in [9.17, 15) is 4.79 Å². The van der Waals surface area contributed by atoms with E-state index in [2.05, 4.69) is 0 Å². The molecule has 6 nitrogen and oxygen atoms in total. The van der Waals surface area contributed by atoms with Gasteiger partial charge in [-0.15, -0.1) is 0 Å². The van der Waals surface area contributed by atoms with Gasteiger partial charge in [-0.3, -0.25) is 4.79 Å². The summed E-state index contributed by atoms with van der Waals surface area (Å²) in [6.45, 7) is 0. The van der Waals surface area contributed by atoms with Crippen molar-refractivity contribution in [1.29, 1.82) is 0 Å². The predicted molar refractivity (Wildman–Crippen MR) is 99.6 cm³/mol. The zero-order chi connectivity index (χ0) is 19.1. The van der Waals surface area contributed by atoms with E-state index >= 15 is 0 Å². The van der Waals surface area contributed by atoms with E-state index in [1.165, 1.54) is 21.3 Å². The zero-order valence-corrected chi connectivity index (χ0v) is 15.5. The third-order valence-electron chi connectivity index (χ3n) is 3.85. The van der Waals surface area contributed by atoms with Crippen LogP contribution < -0.4 is 23.7 Å². The van der Waals surface area contributed by atoms with Crippen molar-refractivity contribution in [1.82, 2.24) is 0 Å². The molecule has 6 heteroatoms. The van der Waals surface area contributed by atoms with Gasteiger partial charge >= 0.3 is 0 Å². The molecular formula is C20H22O6. The third-order valence-corrected chi connectivity index (χ3v) is 3.85. The second-order valence-corrected chi connectivity index (χ2v) is 5.25. The molecule has 2 aromatic rings. The van der Waals surface area contributed by atoms with Crippen LogP contribution >= 0.6 is 0 Å². The highest BCUT2D eigenvalue weighted by atomic mass is 16.5. The van der Waals surface area contributed by atoms with E-state index < -0.39 is 0 Å². The average Bonchev–Trinajstić information content (AvgIpc) is 2.70. The summed E-state index contributed by atoms with van der Waals surface area (Å²) in [6, 6.07) is 8.86. The third kappa shape index (κ3) is 3.91. The Balaban J connectivity index is 2.54. The molecule has 0 saturated carbocycles. The molecule has 0 aliphatic heterocycles. The van der Waals surface area contributed by atoms with Crippen LogP contribution in [0.25, 0.3) is 11.6 Å². The van der Waals surface area contributed by atoms with Crippen molar-refractivity contribution in [3.63, 3.8) is 0 Å². The van der Waals surface area contributed by atoms with E-state index in [4.69, 9.17) is 23.7 Å². The smallest absolute Gasteiger partial charge is 0.203 e. The molecule has 0 aromatic heterocycles. The fourth-order valence-corrected chi connectivity index (χ4v) is 2.56. The number of aldehydes is 1. The second kappa shape index (κ2) is 8.80. The van der Waals surface area contributed by atoms with Gasteiger partial charge in [-0.25, -0.2) is 0 Å². The van der Waals surface area contributed by atoms with E-state index in [-0.39, 0.29) is 0 Å². The maximum Gasteiger partial charge on any atom is 0.203 e. The number of methoxy groups -OCH3 is 5. The van der Waals surface area contributed by atoms with Crippen LogP contribution in [0.1, 0.15) is 11.1 Å². The molecule has 0 bridgehead atoms. The lowest BCUT2D eigenvalue weighted by atomic mass is 10.0. The lowest BCUT2D eigenvalue weighted by Crippen LogP contribution is -1.97. The Labute approximate surface area is 152 Å². The second-order valence-electron chi connectivity index (χ2n) is 5.25. The Morgan fingerprint density at radius 1 is 0.731 bits per heavy atom. The first-order chi connectivity index (χ1) is 12.6. The van der Waals surface area contributed by atoms with E-state index in [0.29, 0.717) is 39.9 Å². The Bertz CT molecular complexity index is 785. The van der Waals surface area contributed by atoms with Crippen LogP contribution in [-0.4, -0.2) is 41.8 Å². The first kappa shape index (κ1) is 19.2. The first-order valence-corrected chi connectivity index (χ1v) is 7.81. The molecular weight excluding hydrogens is 336 g/mol. The molecule has 0 atom stereocenters. The van der Waals surface area contributed by atoms with E-state index in [0.717, 1.165) is 11.8 Å². The van der Waals surface area contributed by atoms with E-state index in [1.54, 1.807) is 44.6 Å². The number of carbonyl (C=O) groups is 1. The highest BCUT2D eigenvalue weighted by Crippen LogP contribution is 2.40. The van der Waals surface area contributed by atoms with Gasteiger partial charge in [-0.1, -0.05) is 6.07 Å². The van der Waals surface area contributed by atoms with E-state index in [1.807, 2.05) is 6.07 Å². The summed E-state index contributed by atoms with van der Waals surface area (Å²) < 4.78 is 26.5. The lowest BCUT2D eigenvalue weighted by molar-refractivity contribution is -0.103. The van der Waals surface area contributed by atoms with Crippen molar-refractivity contribution in [2.24, 2.45) is 0 Å². The molecule has 0 heterocycles. The molecule has 2 aromatic carbocycles. The summed E-state index contributed by atoms with van der Waals surface area (Å²) in [7, 11) is 7.71. The van der Waals surface area contributed by atoms with Crippen LogP contribution in [0.2, 0.25) is 0 Å². The van der Waals surface area contributed by atoms with Crippen LogP contribution in [-0.2, 0) is 4.79 Å². The molecule has 0 aliphatic rings. The first-order valence-electron chi connectivity index (χ1n) is 7.81. The minimum Gasteiger partial charge on any atom is -0.493 e. The average molecular weight is 358 g/mol. The Morgan fingerprint density at radius 2 is 1.31 bits per heavy atom. The number of rotatable bonds is 8. The van der Waals surface area contributed by atoms with Crippen molar-refractivity contribution in [2.75, 3.05) is 35.5 Å². The molecule has 2 rings (SSSR count). The molecule has 26 heavy (non-hydrogen) atoms. The summed E-state index contributed by atoms with van der Waals surface area (Å²) in [5, 5.41) is 0. The molecule has 0 aliphatic carbocycles. The summed E-state index contributed by atoms with van der Waals surface area (Å²) >= 11 is 0. The van der Waals surface area contributed by atoms with Gasteiger partial charge in [0.1, 0.15) is 0 Å². The Kier molecular flexibility index (Phi) is 6.49. The van der Waals surface area contributed by atoms with Crippen molar-refractivity contribution in [3.8, 4) is 28.7 Å². The highest BCUT2D eigenvalue weighted by molar-refractivity contribution is 6.13. The quantitative estimate of drug-likeness (QED) is 0.409. The maximum absolute atomic E-state index is 11.7. The molecule has 0 saturated heterocycles. The monoisotopic (exact) mass is 358 g/mol. The topological polar surface area (TPSA) is 63.2 Å². The summed E-state index contributed by atoms with van der Waals surface area (Å²) in [4.78, 5) is 11.7. The molecule has 0 spiro atoms. The molecule has 0 radical (unpaired) electrons. The van der Waals surface area contributed by atoms with Gasteiger partial charge in [0.05, 0.1) is 35.5 Å². The number of benzene rings is 2. The van der Waals surface area contributed by atoms with Gasteiger partial charge in [-0.05, 0) is 41.5 Å². The number of hydrogen-bond donors (Lipinski definition) is 0. The molecule has 138 valence electrons.